The number of sulfonamides is 1. The van der Waals surface area contributed by atoms with Crippen LogP contribution in [0.1, 0.15) is 18.7 Å². The third-order valence-corrected chi connectivity index (χ3v) is 6.06. The highest BCUT2D eigenvalue weighted by Crippen LogP contribution is 2.28. The highest BCUT2D eigenvalue weighted by atomic mass is 32.2. The summed E-state index contributed by atoms with van der Waals surface area (Å²) in [6, 6.07) is 8.38. The molecule has 1 aromatic heterocycles. The molecule has 0 bridgehead atoms. The molecular formula is C17H21N3O4S. The first kappa shape index (κ1) is 17.6. The molecule has 1 aromatic carbocycles. The van der Waals surface area contributed by atoms with E-state index in [1.807, 2.05) is 0 Å². The lowest BCUT2D eigenvalue weighted by Gasteiger charge is -2.31. The standard InChI is InChI=1S/C17H21N3O4S/c1-13-18-10-7-17(19-13)24-14-8-11-20(12-9-14)25(21,22)16-6-4-3-5-15(16)23-2/h3-7,10,14H,8-9,11-12H2,1-2H3. The number of rotatable bonds is 5. The van der Waals surface area contributed by atoms with Crippen LogP contribution in [0.4, 0.5) is 0 Å². The molecule has 1 aliphatic rings. The monoisotopic (exact) mass is 363 g/mol. The maximum atomic E-state index is 12.9. The fourth-order valence-corrected chi connectivity index (χ4v) is 4.46. The molecule has 0 spiro atoms. The molecule has 1 aliphatic heterocycles. The van der Waals surface area contributed by atoms with Crippen LogP contribution in [0.3, 0.4) is 0 Å². The number of benzene rings is 1. The zero-order valence-electron chi connectivity index (χ0n) is 14.3. The van der Waals surface area contributed by atoms with Crippen molar-refractivity contribution in [1.29, 1.82) is 0 Å². The lowest BCUT2D eigenvalue weighted by atomic mass is 10.1. The van der Waals surface area contributed by atoms with E-state index in [9.17, 15) is 8.42 Å². The third-order valence-electron chi connectivity index (χ3n) is 4.13. The Labute approximate surface area is 147 Å². The van der Waals surface area contributed by atoms with Crippen molar-refractivity contribution in [2.75, 3.05) is 20.2 Å². The van der Waals surface area contributed by atoms with Gasteiger partial charge in [0, 0.05) is 25.4 Å². The van der Waals surface area contributed by atoms with E-state index >= 15 is 0 Å². The van der Waals surface area contributed by atoms with Gasteiger partial charge < -0.3 is 9.47 Å². The van der Waals surface area contributed by atoms with Gasteiger partial charge in [-0.15, -0.1) is 0 Å². The summed E-state index contributed by atoms with van der Waals surface area (Å²) in [6.45, 7) is 2.60. The Kier molecular flexibility index (Phi) is 5.19. The van der Waals surface area contributed by atoms with Crippen LogP contribution in [0.15, 0.2) is 41.4 Å². The van der Waals surface area contributed by atoms with E-state index < -0.39 is 10.0 Å². The van der Waals surface area contributed by atoms with Gasteiger partial charge >= 0.3 is 0 Å². The van der Waals surface area contributed by atoms with Crippen molar-refractivity contribution in [3.8, 4) is 11.6 Å². The van der Waals surface area contributed by atoms with Crippen LogP contribution in [0, 0.1) is 6.92 Å². The van der Waals surface area contributed by atoms with Gasteiger partial charge in [0.2, 0.25) is 15.9 Å². The molecule has 1 saturated heterocycles. The fourth-order valence-electron chi connectivity index (χ4n) is 2.83. The van der Waals surface area contributed by atoms with Gasteiger partial charge in [0.25, 0.3) is 0 Å². The van der Waals surface area contributed by atoms with Crippen molar-refractivity contribution in [3.63, 3.8) is 0 Å². The summed E-state index contributed by atoms with van der Waals surface area (Å²) in [4.78, 5) is 8.46. The zero-order valence-corrected chi connectivity index (χ0v) is 15.1. The van der Waals surface area contributed by atoms with E-state index in [0.29, 0.717) is 43.4 Å². The predicted molar refractivity (Wildman–Crippen MR) is 92.2 cm³/mol. The van der Waals surface area contributed by atoms with Gasteiger partial charge in [-0.2, -0.15) is 9.29 Å². The summed E-state index contributed by atoms with van der Waals surface area (Å²) in [5.41, 5.74) is 0. The van der Waals surface area contributed by atoms with Gasteiger partial charge in [0.05, 0.1) is 7.11 Å². The Morgan fingerprint density at radius 1 is 1.16 bits per heavy atom. The number of methoxy groups -OCH3 is 1. The smallest absolute Gasteiger partial charge is 0.246 e. The van der Waals surface area contributed by atoms with Crippen LogP contribution in [0.25, 0.3) is 0 Å². The Hall–Kier alpha value is -2.19. The first-order valence-corrected chi connectivity index (χ1v) is 9.54. The molecule has 3 rings (SSSR count). The minimum absolute atomic E-state index is 0.0570. The van der Waals surface area contributed by atoms with Crippen LogP contribution >= 0.6 is 0 Å². The maximum Gasteiger partial charge on any atom is 0.246 e. The first-order valence-electron chi connectivity index (χ1n) is 8.10. The Balaban J connectivity index is 1.67. The van der Waals surface area contributed by atoms with Crippen molar-refractivity contribution in [3.05, 3.63) is 42.4 Å². The highest BCUT2D eigenvalue weighted by molar-refractivity contribution is 7.89. The third kappa shape index (κ3) is 3.91. The molecule has 25 heavy (non-hydrogen) atoms. The maximum absolute atomic E-state index is 12.9. The fraction of sp³-hybridized carbons (Fsp3) is 0.412. The normalized spacial score (nSPS) is 16.6. The summed E-state index contributed by atoms with van der Waals surface area (Å²) < 4.78 is 38.2. The highest BCUT2D eigenvalue weighted by Gasteiger charge is 2.32. The Morgan fingerprint density at radius 2 is 1.88 bits per heavy atom. The van der Waals surface area contributed by atoms with Crippen LogP contribution in [0.2, 0.25) is 0 Å². The molecule has 0 N–H and O–H groups in total. The lowest BCUT2D eigenvalue weighted by Crippen LogP contribution is -2.41. The molecule has 0 saturated carbocycles. The van der Waals surface area contributed by atoms with Gasteiger partial charge in [-0.25, -0.2) is 13.4 Å². The van der Waals surface area contributed by atoms with E-state index in [2.05, 4.69) is 9.97 Å². The van der Waals surface area contributed by atoms with Gasteiger partial charge in [0.1, 0.15) is 22.6 Å². The van der Waals surface area contributed by atoms with Gasteiger partial charge in [-0.05, 0) is 31.9 Å². The van der Waals surface area contributed by atoms with E-state index in [1.165, 1.54) is 11.4 Å². The Morgan fingerprint density at radius 3 is 2.56 bits per heavy atom. The second kappa shape index (κ2) is 7.37. The van der Waals surface area contributed by atoms with Crippen LogP contribution in [-0.4, -0.2) is 49.0 Å². The number of aromatic nitrogens is 2. The zero-order chi connectivity index (χ0) is 17.9. The quantitative estimate of drug-likeness (QED) is 0.808. The molecule has 0 amide bonds. The molecule has 8 heteroatoms. The molecule has 1 fully saturated rings. The molecule has 2 heterocycles. The van der Waals surface area contributed by atoms with Gasteiger partial charge in [-0.1, -0.05) is 12.1 Å². The van der Waals surface area contributed by atoms with Crippen molar-refractivity contribution in [2.45, 2.75) is 30.8 Å². The van der Waals surface area contributed by atoms with Crippen molar-refractivity contribution in [2.24, 2.45) is 0 Å². The number of para-hydroxylation sites is 1. The van der Waals surface area contributed by atoms with Crippen molar-refractivity contribution < 1.29 is 17.9 Å². The summed E-state index contributed by atoms with van der Waals surface area (Å²) in [5.74, 6) is 1.53. The minimum atomic E-state index is -3.58. The molecule has 0 aliphatic carbocycles. The van der Waals surface area contributed by atoms with Crippen molar-refractivity contribution >= 4 is 10.0 Å². The molecule has 0 atom stereocenters. The lowest BCUT2D eigenvalue weighted by molar-refractivity contribution is 0.129. The SMILES string of the molecule is COc1ccccc1S(=O)(=O)N1CCC(Oc2ccnc(C)n2)CC1. The van der Waals surface area contributed by atoms with Gasteiger partial charge in [-0.3, -0.25) is 0 Å². The van der Waals surface area contributed by atoms with E-state index in [-0.39, 0.29) is 11.0 Å². The second-order valence-electron chi connectivity index (χ2n) is 5.81. The largest absolute Gasteiger partial charge is 0.495 e. The van der Waals surface area contributed by atoms with Crippen LogP contribution < -0.4 is 9.47 Å². The van der Waals surface area contributed by atoms with E-state index in [1.54, 1.807) is 43.5 Å². The number of nitrogens with zero attached hydrogens (tertiary/aromatic N) is 3. The molecule has 0 radical (unpaired) electrons. The molecular weight excluding hydrogens is 342 g/mol. The summed E-state index contributed by atoms with van der Waals surface area (Å²) in [5, 5.41) is 0. The number of ether oxygens (including phenoxy) is 2. The number of hydrogen-bond acceptors (Lipinski definition) is 6. The average molecular weight is 363 g/mol. The van der Waals surface area contributed by atoms with Crippen LogP contribution in [0.5, 0.6) is 11.6 Å². The topological polar surface area (TPSA) is 81.6 Å². The predicted octanol–water partition coefficient (Wildman–Crippen LogP) is 2.03. The summed E-state index contributed by atoms with van der Waals surface area (Å²) in [7, 11) is -2.11. The van der Waals surface area contributed by atoms with Crippen molar-refractivity contribution in [1.82, 2.24) is 14.3 Å². The van der Waals surface area contributed by atoms with Gasteiger partial charge in [0.15, 0.2) is 0 Å². The first-order chi connectivity index (χ1) is 12.0. The minimum Gasteiger partial charge on any atom is -0.495 e. The average Bonchev–Trinajstić information content (AvgIpc) is 2.62. The number of hydrogen-bond donors (Lipinski definition) is 0. The molecule has 134 valence electrons. The number of piperidine rings is 1. The van der Waals surface area contributed by atoms with E-state index in [4.69, 9.17) is 9.47 Å². The molecule has 0 unspecified atom stereocenters. The van der Waals surface area contributed by atoms with Crippen LogP contribution in [-0.2, 0) is 10.0 Å². The second-order valence-corrected chi connectivity index (χ2v) is 7.72. The van der Waals surface area contributed by atoms with E-state index in [0.717, 1.165) is 0 Å². The number of aryl methyl sites for hydroxylation is 1. The summed E-state index contributed by atoms with van der Waals surface area (Å²) >= 11 is 0. The summed E-state index contributed by atoms with van der Waals surface area (Å²) in [6.07, 6.45) is 2.81. The molecule has 7 nitrogen and oxygen atoms in total. The molecule has 2 aromatic rings. The Bertz CT molecular complexity index is 833.